The minimum atomic E-state index is -0.654. The maximum Gasteiger partial charge on any atom is 0.420 e. The van der Waals surface area contributed by atoms with Gasteiger partial charge in [0.25, 0.3) is 5.56 Å². The van der Waals surface area contributed by atoms with Gasteiger partial charge in [-0.25, -0.2) is 9.78 Å². The van der Waals surface area contributed by atoms with Crippen LogP contribution >= 0.6 is 0 Å². The molecule has 0 bridgehead atoms. The molecule has 1 amide bonds. The van der Waals surface area contributed by atoms with Gasteiger partial charge in [0.05, 0.1) is 22.7 Å². The SMILES string of the molecule is C[C@H](C(=O)N1CCC(n2c(=O)oc3ccccc32)CC1)n1cnc2ccccc2c1=O. The van der Waals surface area contributed by atoms with Crippen molar-refractivity contribution in [1.82, 2.24) is 19.0 Å². The Balaban J connectivity index is 1.34. The Morgan fingerprint density at radius 3 is 2.58 bits per heavy atom. The lowest BCUT2D eigenvalue weighted by atomic mass is 10.0. The van der Waals surface area contributed by atoms with Crippen molar-refractivity contribution >= 4 is 27.9 Å². The van der Waals surface area contributed by atoms with E-state index >= 15 is 0 Å². The highest BCUT2D eigenvalue weighted by Gasteiger charge is 2.30. The van der Waals surface area contributed by atoms with Crippen LogP contribution in [0, 0.1) is 0 Å². The number of rotatable bonds is 3. The Hall–Kier alpha value is -3.68. The first-order chi connectivity index (χ1) is 15.0. The number of likely N-dealkylation sites (tertiary alicyclic amines) is 1. The first-order valence-corrected chi connectivity index (χ1v) is 10.4. The van der Waals surface area contributed by atoms with Crippen LogP contribution in [0.25, 0.3) is 22.0 Å². The van der Waals surface area contributed by atoms with Crippen LogP contribution in [0.15, 0.2) is 68.9 Å². The molecule has 158 valence electrons. The molecule has 5 rings (SSSR count). The number of nitrogens with zero attached hydrogens (tertiary/aromatic N) is 4. The van der Waals surface area contributed by atoms with Crippen molar-refractivity contribution in [2.75, 3.05) is 13.1 Å². The molecule has 0 radical (unpaired) electrons. The number of fused-ring (bicyclic) bond motifs is 2. The van der Waals surface area contributed by atoms with Crippen LogP contribution in [0.5, 0.6) is 0 Å². The molecule has 2 aromatic carbocycles. The number of aromatic nitrogens is 3. The molecule has 4 aromatic rings. The van der Waals surface area contributed by atoms with E-state index in [-0.39, 0.29) is 23.3 Å². The van der Waals surface area contributed by atoms with Gasteiger partial charge in [0.1, 0.15) is 6.04 Å². The molecule has 3 heterocycles. The van der Waals surface area contributed by atoms with Crippen LogP contribution in [0.4, 0.5) is 0 Å². The number of amides is 1. The summed E-state index contributed by atoms with van der Waals surface area (Å²) in [4.78, 5) is 44.4. The molecular weight excluding hydrogens is 396 g/mol. The zero-order valence-electron chi connectivity index (χ0n) is 17.1. The summed E-state index contributed by atoms with van der Waals surface area (Å²) >= 11 is 0. The van der Waals surface area contributed by atoms with E-state index in [0.29, 0.717) is 42.4 Å². The normalized spacial score (nSPS) is 16.1. The monoisotopic (exact) mass is 418 g/mol. The number of hydrogen-bond donors (Lipinski definition) is 0. The molecule has 0 unspecified atom stereocenters. The fourth-order valence-electron chi connectivity index (χ4n) is 4.42. The van der Waals surface area contributed by atoms with E-state index in [0.717, 1.165) is 5.52 Å². The number of carbonyl (C=O) groups is 1. The third-order valence-electron chi connectivity index (χ3n) is 6.12. The predicted octanol–water partition coefficient (Wildman–Crippen LogP) is 2.73. The van der Waals surface area contributed by atoms with Gasteiger partial charge in [0.15, 0.2) is 5.58 Å². The van der Waals surface area contributed by atoms with Crippen molar-refractivity contribution in [2.24, 2.45) is 0 Å². The fourth-order valence-corrected chi connectivity index (χ4v) is 4.42. The highest BCUT2D eigenvalue weighted by atomic mass is 16.4. The standard InChI is InChI=1S/C23H22N4O4/c1-15(26-14-24-18-7-3-2-6-17(18)22(26)29)21(28)25-12-10-16(11-13-25)27-19-8-4-5-9-20(19)31-23(27)30/h2-9,14-16H,10-13H2,1H3/t15-/m1/s1. The number of piperidine rings is 1. The van der Waals surface area contributed by atoms with Crippen LogP contribution in [0.2, 0.25) is 0 Å². The molecule has 1 atom stereocenters. The topological polar surface area (TPSA) is 90.3 Å². The summed E-state index contributed by atoms with van der Waals surface area (Å²) < 4.78 is 8.44. The summed E-state index contributed by atoms with van der Waals surface area (Å²) in [7, 11) is 0. The average molecular weight is 418 g/mol. The first-order valence-electron chi connectivity index (χ1n) is 10.4. The number of para-hydroxylation sites is 3. The molecule has 1 fully saturated rings. The minimum absolute atomic E-state index is 0.0273. The molecular formula is C23H22N4O4. The summed E-state index contributed by atoms with van der Waals surface area (Å²) in [6.07, 6.45) is 2.73. The van der Waals surface area contributed by atoms with E-state index in [1.807, 2.05) is 24.3 Å². The number of hydrogen-bond acceptors (Lipinski definition) is 5. The Kier molecular flexibility index (Phi) is 4.69. The Bertz CT molecular complexity index is 1390. The van der Waals surface area contributed by atoms with Crippen molar-refractivity contribution in [1.29, 1.82) is 0 Å². The lowest BCUT2D eigenvalue weighted by Crippen LogP contribution is -2.44. The second kappa shape index (κ2) is 7.54. The van der Waals surface area contributed by atoms with Gasteiger partial charge in [-0.3, -0.25) is 18.7 Å². The van der Waals surface area contributed by atoms with Gasteiger partial charge in [-0.05, 0) is 44.0 Å². The van der Waals surface area contributed by atoms with Gasteiger partial charge in [-0.2, -0.15) is 0 Å². The molecule has 31 heavy (non-hydrogen) atoms. The van der Waals surface area contributed by atoms with E-state index in [1.54, 1.807) is 40.7 Å². The van der Waals surface area contributed by atoms with Gasteiger partial charge in [0, 0.05) is 19.1 Å². The fraction of sp³-hybridized carbons (Fsp3) is 0.304. The first kappa shape index (κ1) is 19.3. The number of benzene rings is 2. The van der Waals surface area contributed by atoms with Crippen molar-refractivity contribution < 1.29 is 9.21 Å². The molecule has 1 saturated heterocycles. The Morgan fingerprint density at radius 1 is 1.06 bits per heavy atom. The van der Waals surface area contributed by atoms with Crippen LogP contribution in [-0.2, 0) is 4.79 Å². The third-order valence-corrected chi connectivity index (χ3v) is 6.12. The molecule has 8 heteroatoms. The molecule has 2 aromatic heterocycles. The summed E-state index contributed by atoms with van der Waals surface area (Å²) in [5.41, 5.74) is 1.74. The number of carbonyl (C=O) groups excluding carboxylic acids is 1. The summed E-state index contributed by atoms with van der Waals surface area (Å²) in [6.45, 7) is 2.74. The van der Waals surface area contributed by atoms with E-state index in [2.05, 4.69) is 4.98 Å². The van der Waals surface area contributed by atoms with Gasteiger partial charge in [-0.1, -0.05) is 24.3 Å². The molecule has 8 nitrogen and oxygen atoms in total. The minimum Gasteiger partial charge on any atom is -0.408 e. The number of oxazole rings is 1. The lowest BCUT2D eigenvalue weighted by Gasteiger charge is -2.34. The summed E-state index contributed by atoms with van der Waals surface area (Å²) in [5, 5.41) is 0.495. The summed E-state index contributed by atoms with van der Waals surface area (Å²) in [5.74, 6) is -0.491. The van der Waals surface area contributed by atoms with Gasteiger partial charge in [0.2, 0.25) is 5.91 Å². The Morgan fingerprint density at radius 2 is 1.77 bits per heavy atom. The second-order valence-corrected chi connectivity index (χ2v) is 7.91. The van der Waals surface area contributed by atoms with Gasteiger partial charge >= 0.3 is 5.76 Å². The zero-order chi connectivity index (χ0) is 21.5. The largest absolute Gasteiger partial charge is 0.420 e. The van der Waals surface area contributed by atoms with E-state index in [1.165, 1.54) is 10.9 Å². The van der Waals surface area contributed by atoms with Gasteiger partial charge < -0.3 is 9.32 Å². The smallest absolute Gasteiger partial charge is 0.408 e. The van der Waals surface area contributed by atoms with Crippen molar-refractivity contribution in [3.05, 3.63) is 75.8 Å². The molecule has 0 saturated carbocycles. The lowest BCUT2D eigenvalue weighted by molar-refractivity contribution is -0.135. The van der Waals surface area contributed by atoms with E-state index in [9.17, 15) is 14.4 Å². The quantitative estimate of drug-likeness (QED) is 0.510. The molecule has 0 N–H and O–H groups in total. The highest BCUT2D eigenvalue weighted by Crippen LogP contribution is 2.26. The Labute approximate surface area is 177 Å². The van der Waals surface area contributed by atoms with Crippen molar-refractivity contribution in [3.8, 4) is 0 Å². The maximum atomic E-state index is 13.1. The van der Waals surface area contributed by atoms with Crippen LogP contribution in [0.3, 0.4) is 0 Å². The molecule has 1 aliphatic heterocycles. The highest BCUT2D eigenvalue weighted by molar-refractivity contribution is 5.81. The van der Waals surface area contributed by atoms with Crippen molar-refractivity contribution in [2.45, 2.75) is 31.8 Å². The van der Waals surface area contributed by atoms with Crippen molar-refractivity contribution in [3.63, 3.8) is 0 Å². The van der Waals surface area contributed by atoms with E-state index < -0.39 is 6.04 Å². The molecule has 0 aliphatic carbocycles. The van der Waals surface area contributed by atoms with Crippen LogP contribution in [0.1, 0.15) is 31.8 Å². The maximum absolute atomic E-state index is 13.1. The summed E-state index contributed by atoms with van der Waals surface area (Å²) in [6, 6.07) is 13.8. The molecule has 0 spiro atoms. The average Bonchev–Trinajstić information content (AvgIpc) is 3.14. The van der Waals surface area contributed by atoms with Gasteiger partial charge in [-0.15, -0.1) is 0 Å². The van der Waals surface area contributed by atoms with Crippen LogP contribution in [-0.4, -0.2) is 38.0 Å². The molecule has 1 aliphatic rings. The zero-order valence-corrected chi connectivity index (χ0v) is 17.1. The van der Waals surface area contributed by atoms with Crippen LogP contribution < -0.4 is 11.3 Å². The third kappa shape index (κ3) is 3.24. The second-order valence-electron chi connectivity index (χ2n) is 7.91. The van der Waals surface area contributed by atoms with E-state index in [4.69, 9.17) is 4.42 Å². The predicted molar refractivity (Wildman–Crippen MR) is 116 cm³/mol.